The van der Waals surface area contributed by atoms with Gasteiger partial charge in [0.2, 0.25) is 5.91 Å². The molecule has 2 aliphatic heterocycles. The van der Waals surface area contributed by atoms with E-state index in [9.17, 15) is 14.7 Å². The summed E-state index contributed by atoms with van der Waals surface area (Å²) in [6, 6.07) is 5.35. The third kappa shape index (κ3) is 7.64. The molecule has 1 fully saturated rings. The highest BCUT2D eigenvalue weighted by atomic mass is 19.1. The lowest BCUT2D eigenvalue weighted by Gasteiger charge is -2.35. The van der Waals surface area contributed by atoms with E-state index in [4.69, 9.17) is 9.47 Å². The Morgan fingerprint density at radius 3 is 2.57 bits per heavy atom. The van der Waals surface area contributed by atoms with Crippen LogP contribution in [-0.2, 0) is 9.53 Å². The summed E-state index contributed by atoms with van der Waals surface area (Å²) in [5, 5.41) is 17.2. The fraction of sp³-hybridized carbons (Fsp3) is 0.424. The second-order valence-corrected chi connectivity index (χ2v) is 10.6. The summed E-state index contributed by atoms with van der Waals surface area (Å²) in [7, 11) is 0. The maximum absolute atomic E-state index is 15.1. The number of phenolic OH excluding ortho intramolecular Hbond substituents is 1. The normalized spacial score (nSPS) is 16.3. The fourth-order valence-electron chi connectivity index (χ4n) is 5.24. The first-order valence-electron chi connectivity index (χ1n) is 14.9. The minimum absolute atomic E-state index is 0.0179. The average molecular weight is 610 g/mol. The highest BCUT2D eigenvalue weighted by Crippen LogP contribution is 2.47. The average Bonchev–Trinajstić information content (AvgIpc) is 3.01. The Bertz CT molecular complexity index is 1500. The number of hydrogen-bond donors (Lipinski definition) is 3. The van der Waals surface area contributed by atoms with E-state index in [-0.39, 0.29) is 42.5 Å². The molecule has 3 N–H and O–H groups in total. The number of hydrogen-bond acceptors (Lipinski definition) is 8. The number of halogens is 1. The lowest BCUT2D eigenvalue weighted by Crippen LogP contribution is -2.45. The summed E-state index contributed by atoms with van der Waals surface area (Å²) in [4.78, 5) is 31.8. The van der Waals surface area contributed by atoms with E-state index in [2.05, 4.69) is 54.1 Å². The molecule has 11 heteroatoms. The molecule has 44 heavy (non-hydrogen) atoms. The monoisotopic (exact) mass is 609 g/mol. The lowest BCUT2D eigenvalue weighted by molar-refractivity contribution is -0.116. The molecule has 1 amide bonds. The van der Waals surface area contributed by atoms with Gasteiger partial charge in [0, 0.05) is 43.2 Å². The van der Waals surface area contributed by atoms with Gasteiger partial charge in [-0.15, -0.1) is 13.2 Å². The smallest absolute Gasteiger partial charge is 0.350 e. The molecule has 10 nitrogen and oxygen atoms in total. The van der Waals surface area contributed by atoms with E-state index in [1.54, 1.807) is 11.5 Å². The number of nitrogens with one attached hydrogen (secondary N) is 2. The zero-order valence-electron chi connectivity index (χ0n) is 26.1. The van der Waals surface area contributed by atoms with Gasteiger partial charge >= 0.3 is 5.69 Å². The molecule has 238 valence electrons. The Kier molecular flexibility index (Phi) is 12.5. The van der Waals surface area contributed by atoms with Crippen LogP contribution in [0.5, 0.6) is 11.5 Å². The SMILES string of the molecule is C=C.C=CC(=O)NC[C@H](C)Nc1nc(=O)n2c3c(c(-c4c(O)cccc4F)c(C)cc13)OC[C@H]2CN1CCOCC1.CCC. The number of amides is 1. The van der Waals surface area contributed by atoms with Gasteiger partial charge in [-0.1, -0.05) is 32.9 Å². The van der Waals surface area contributed by atoms with Gasteiger partial charge in [0.25, 0.3) is 0 Å². The number of ether oxygens (including phenoxy) is 2. The molecule has 2 aromatic carbocycles. The maximum Gasteiger partial charge on any atom is 0.350 e. The quantitative estimate of drug-likeness (QED) is 0.246. The van der Waals surface area contributed by atoms with E-state index >= 15 is 4.39 Å². The second kappa shape index (κ2) is 16.0. The number of carbonyl (C=O) groups excluding carboxylic acids is 1. The van der Waals surface area contributed by atoms with E-state index in [1.807, 2.05) is 13.0 Å². The molecule has 0 saturated carbocycles. The van der Waals surface area contributed by atoms with E-state index in [0.29, 0.717) is 53.4 Å². The van der Waals surface area contributed by atoms with Crippen LogP contribution in [0.4, 0.5) is 10.2 Å². The molecular weight excluding hydrogens is 565 g/mol. The topological polar surface area (TPSA) is 118 Å². The fourth-order valence-corrected chi connectivity index (χ4v) is 5.24. The first-order valence-corrected chi connectivity index (χ1v) is 14.9. The second-order valence-electron chi connectivity index (χ2n) is 10.6. The number of aromatic nitrogens is 2. The van der Waals surface area contributed by atoms with Crippen molar-refractivity contribution in [2.45, 2.75) is 46.2 Å². The molecule has 1 saturated heterocycles. The lowest BCUT2D eigenvalue weighted by atomic mass is 9.94. The zero-order chi connectivity index (χ0) is 32.4. The highest BCUT2D eigenvalue weighted by molar-refractivity contribution is 6.01. The standard InChI is InChI=1S/C28H32FN5O5.C3H8.C2H4/c1-4-22(36)30-13-17(3)31-27-19-12-16(2)23(24-20(29)6-5-7-21(24)35)26-25(19)34(28(37)32-27)18(15-39-26)14-33-8-10-38-11-9-33;1-3-2;1-2/h4-7,12,17-18,35H,1,8-11,13-15H2,2-3H3,(H,30,36)(H,31,32,37);3H2,1-2H3;1-2H2/t17-,18+;;/m0../s1. The molecular formula is C33H44FN5O5. The number of carbonyl (C=O) groups is 1. The van der Waals surface area contributed by atoms with Crippen LogP contribution in [-0.4, -0.2) is 77.5 Å². The first kappa shape index (κ1) is 34.3. The molecule has 0 spiro atoms. The van der Waals surface area contributed by atoms with Crippen molar-refractivity contribution < 1.29 is 23.8 Å². The van der Waals surface area contributed by atoms with Gasteiger partial charge in [-0.2, -0.15) is 4.98 Å². The van der Waals surface area contributed by atoms with E-state index < -0.39 is 11.5 Å². The van der Waals surface area contributed by atoms with Gasteiger partial charge in [-0.3, -0.25) is 14.3 Å². The van der Waals surface area contributed by atoms with Crippen LogP contribution in [0.1, 0.15) is 38.8 Å². The Balaban J connectivity index is 0.000000997. The minimum Gasteiger partial charge on any atom is -0.507 e. The van der Waals surface area contributed by atoms with Crippen LogP contribution in [0.25, 0.3) is 22.0 Å². The van der Waals surface area contributed by atoms with Crippen LogP contribution >= 0.6 is 0 Å². The van der Waals surface area contributed by atoms with Gasteiger partial charge in [0.1, 0.15) is 24.0 Å². The van der Waals surface area contributed by atoms with Crippen molar-refractivity contribution in [2.24, 2.45) is 0 Å². The van der Waals surface area contributed by atoms with Crippen molar-refractivity contribution in [3.63, 3.8) is 0 Å². The van der Waals surface area contributed by atoms with Crippen LogP contribution in [0.2, 0.25) is 0 Å². The molecule has 0 bridgehead atoms. The Labute approximate surface area is 258 Å². The summed E-state index contributed by atoms with van der Waals surface area (Å²) < 4.78 is 28.5. The molecule has 3 heterocycles. The summed E-state index contributed by atoms with van der Waals surface area (Å²) in [6.45, 7) is 21.1. The molecule has 0 unspecified atom stereocenters. The molecule has 2 aliphatic rings. The van der Waals surface area contributed by atoms with Crippen LogP contribution < -0.4 is 21.1 Å². The summed E-state index contributed by atoms with van der Waals surface area (Å²) in [5.41, 5.74) is 1.06. The largest absolute Gasteiger partial charge is 0.507 e. The molecule has 0 radical (unpaired) electrons. The van der Waals surface area contributed by atoms with Crippen molar-refractivity contribution in [1.29, 1.82) is 0 Å². The van der Waals surface area contributed by atoms with Crippen molar-refractivity contribution in [3.8, 4) is 22.6 Å². The molecule has 3 aromatic rings. The maximum atomic E-state index is 15.1. The van der Waals surface area contributed by atoms with Gasteiger partial charge in [0.05, 0.1) is 30.3 Å². The summed E-state index contributed by atoms with van der Waals surface area (Å²) in [5.74, 6) is -0.478. The Morgan fingerprint density at radius 2 is 1.93 bits per heavy atom. The van der Waals surface area contributed by atoms with Gasteiger partial charge < -0.3 is 25.2 Å². The Hall–Kier alpha value is -4.22. The number of nitrogens with zero attached hydrogens (tertiary/aromatic N) is 3. The van der Waals surface area contributed by atoms with E-state index in [1.165, 1.54) is 30.7 Å². The molecule has 2 atom stereocenters. The summed E-state index contributed by atoms with van der Waals surface area (Å²) in [6.07, 6.45) is 2.44. The molecule has 0 aliphatic carbocycles. The minimum atomic E-state index is -0.597. The number of phenols is 1. The number of rotatable bonds is 8. The third-order valence-corrected chi connectivity index (χ3v) is 7.11. The van der Waals surface area contributed by atoms with Crippen molar-refractivity contribution >= 4 is 22.6 Å². The number of aromatic hydroxyl groups is 1. The van der Waals surface area contributed by atoms with Crippen LogP contribution in [0.15, 0.2) is 54.9 Å². The molecule has 5 rings (SSSR count). The molecule has 1 aromatic heterocycles. The number of aryl methyl sites for hydroxylation is 1. The predicted molar refractivity (Wildman–Crippen MR) is 173 cm³/mol. The van der Waals surface area contributed by atoms with Crippen LogP contribution in [0.3, 0.4) is 0 Å². The van der Waals surface area contributed by atoms with Crippen molar-refractivity contribution in [2.75, 3.05) is 51.3 Å². The third-order valence-electron chi connectivity index (χ3n) is 7.11. The zero-order valence-corrected chi connectivity index (χ0v) is 26.1. The highest BCUT2D eigenvalue weighted by Gasteiger charge is 2.32. The Morgan fingerprint density at radius 1 is 1.25 bits per heavy atom. The van der Waals surface area contributed by atoms with Crippen LogP contribution in [0, 0.1) is 12.7 Å². The number of benzene rings is 2. The first-order chi connectivity index (χ1) is 21.2. The number of morpholine rings is 1. The predicted octanol–water partition coefficient (Wildman–Crippen LogP) is 4.80. The number of anilines is 1. The summed E-state index contributed by atoms with van der Waals surface area (Å²) >= 11 is 0. The van der Waals surface area contributed by atoms with E-state index in [0.717, 1.165) is 13.1 Å². The van der Waals surface area contributed by atoms with Gasteiger partial charge in [-0.05, 0) is 43.7 Å². The van der Waals surface area contributed by atoms with Crippen molar-refractivity contribution in [1.82, 2.24) is 19.8 Å². The van der Waals surface area contributed by atoms with Crippen molar-refractivity contribution in [3.05, 3.63) is 71.9 Å². The van der Waals surface area contributed by atoms with Gasteiger partial charge in [0.15, 0.2) is 5.75 Å². The van der Waals surface area contributed by atoms with Gasteiger partial charge in [-0.25, -0.2) is 9.18 Å².